The predicted molar refractivity (Wildman–Crippen MR) is 88.7 cm³/mol. The Hall–Kier alpha value is -1.73. The molecule has 0 aliphatic carbocycles. The molecule has 2 aromatic rings. The molecule has 0 bridgehead atoms. The molecule has 3 N–H and O–H groups in total. The van der Waals surface area contributed by atoms with E-state index in [1.807, 2.05) is 37.6 Å². The quantitative estimate of drug-likeness (QED) is 0.830. The van der Waals surface area contributed by atoms with Gasteiger partial charge in [-0.3, -0.25) is 9.48 Å². The third-order valence-corrected chi connectivity index (χ3v) is 3.95. The maximum Gasteiger partial charge on any atom is 0.270 e. The molecule has 1 unspecified atom stereocenters. The molecule has 5 nitrogen and oxygen atoms in total. The first kappa shape index (κ1) is 15.7. The van der Waals surface area contributed by atoms with Crippen LogP contribution < -0.4 is 11.1 Å². The third-order valence-electron chi connectivity index (χ3n) is 3.02. The van der Waals surface area contributed by atoms with E-state index in [2.05, 4.69) is 10.4 Å². The summed E-state index contributed by atoms with van der Waals surface area (Å²) in [5.74, 6) is -0.228. The van der Waals surface area contributed by atoms with Crippen LogP contribution in [-0.4, -0.2) is 20.7 Å². The fourth-order valence-corrected chi connectivity index (χ4v) is 2.92. The number of nitrogens with two attached hydrogens (primary N) is 1. The summed E-state index contributed by atoms with van der Waals surface area (Å²) in [7, 11) is 0. The summed E-state index contributed by atoms with van der Waals surface area (Å²) in [6.07, 6.45) is 0. The van der Waals surface area contributed by atoms with Gasteiger partial charge in [-0.05, 0) is 49.2 Å². The van der Waals surface area contributed by atoms with E-state index in [1.54, 1.807) is 10.7 Å². The second kappa shape index (κ2) is 6.36. The minimum atomic E-state index is -0.463. The molecule has 7 heteroatoms. The summed E-state index contributed by atoms with van der Waals surface area (Å²) < 4.78 is 1.70. The smallest absolute Gasteiger partial charge is 0.270 e. The Morgan fingerprint density at radius 2 is 2.24 bits per heavy atom. The molecule has 0 saturated heterocycles. The van der Waals surface area contributed by atoms with Gasteiger partial charge in [0.25, 0.3) is 5.91 Å². The molecule has 2 rings (SSSR count). The summed E-state index contributed by atoms with van der Waals surface area (Å²) in [6.45, 7) is 5.82. The van der Waals surface area contributed by atoms with Crippen molar-refractivity contribution in [3.05, 3.63) is 39.8 Å². The number of thiophene rings is 1. The van der Waals surface area contributed by atoms with Crippen LogP contribution in [0.25, 0.3) is 0 Å². The van der Waals surface area contributed by atoms with E-state index in [0.29, 0.717) is 5.69 Å². The zero-order valence-electron chi connectivity index (χ0n) is 12.2. The molecule has 0 aliphatic rings. The number of carbonyl (C=O) groups excluding carboxylic acids is 1. The number of hydrogen-bond donors (Lipinski definition) is 2. The van der Waals surface area contributed by atoms with Crippen molar-refractivity contribution in [3.8, 4) is 0 Å². The van der Waals surface area contributed by atoms with Crippen molar-refractivity contribution in [3.63, 3.8) is 0 Å². The summed E-state index contributed by atoms with van der Waals surface area (Å²) >= 11 is 6.60. The molecule has 2 heterocycles. The monoisotopic (exact) mass is 322 g/mol. The Balaban J connectivity index is 2.26. The molecule has 0 radical (unpaired) electrons. The Morgan fingerprint density at radius 1 is 1.52 bits per heavy atom. The van der Waals surface area contributed by atoms with Crippen LogP contribution in [0.3, 0.4) is 0 Å². The predicted octanol–water partition coefficient (Wildman–Crippen LogP) is 2.59. The number of nitrogens with one attached hydrogen (secondary N) is 1. The molecule has 0 spiro atoms. The summed E-state index contributed by atoms with van der Waals surface area (Å²) in [5.41, 5.74) is 7.97. The van der Waals surface area contributed by atoms with Gasteiger partial charge in [0.15, 0.2) is 0 Å². The van der Waals surface area contributed by atoms with E-state index in [-0.39, 0.29) is 16.9 Å². The van der Waals surface area contributed by atoms with Crippen molar-refractivity contribution in [1.29, 1.82) is 0 Å². The van der Waals surface area contributed by atoms with Crippen LogP contribution in [-0.2, 0) is 0 Å². The lowest BCUT2D eigenvalue weighted by Crippen LogP contribution is -2.37. The van der Waals surface area contributed by atoms with Crippen LogP contribution in [0.1, 0.15) is 47.7 Å². The number of thiocarbonyl (C=S) groups is 1. The SMILES string of the molecule is Cc1cc(C(=O)NC(C(N)=S)c2ccsc2)n(C(C)C)n1. The molecule has 0 aromatic carbocycles. The molecule has 0 aliphatic heterocycles. The van der Waals surface area contributed by atoms with Gasteiger partial charge in [0.05, 0.1) is 5.69 Å². The normalized spacial score (nSPS) is 12.4. The maximum atomic E-state index is 12.5. The van der Waals surface area contributed by atoms with Crippen LogP contribution in [0.4, 0.5) is 0 Å². The Bertz CT molecular complexity index is 646. The fourth-order valence-electron chi connectivity index (χ4n) is 2.04. The van der Waals surface area contributed by atoms with Gasteiger partial charge in [0, 0.05) is 6.04 Å². The van der Waals surface area contributed by atoms with E-state index in [4.69, 9.17) is 18.0 Å². The molecule has 1 amide bonds. The molecule has 1 atom stereocenters. The highest BCUT2D eigenvalue weighted by Gasteiger charge is 2.22. The zero-order valence-corrected chi connectivity index (χ0v) is 13.8. The van der Waals surface area contributed by atoms with Crippen LogP contribution in [0.2, 0.25) is 0 Å². The van der Waals surface area contributed by atoms with Gasteiger partial charge in [-0.1, -0.05) is 12.2 Å². The van der Waals surface area contributed by atoms with Gasteiger partial charge in [0.1, 0.15) is 16.7 Å². The highest BCUT2D eigenvalue weighted by molar-refractivity contribution is 7.80. The lowest BCUT2D eigenvalue weighted by Gasteiger charge is -2.17. The molecule has 0 fully saturated rings. The second-order valence-electron chi connectivity index (χ2n) is 5.07. The van der Waals surface area contributed by atoms with E-state index in [0.717, 1.165) is 11.3 Å². The number of aryl methyl sites for hydroxylation is 1. The Labute approximate surface area is 133 Å². The minimum Gasteiger partial charge on any atom is -0.391 e. The van der Waals surface area contributed by atoms with E-state index >= 15 is 0 Å². The minimum absolute atomic E-state index is 0.101. The largest absolute Gasteiger partial charge is 0.391 e. The van der Waals surface area contributed by atoms with Gasteiger partial charge in [-0.15, -0.1) is 0 Å². The van der Waals surface area contributed by atoms with Crippen LogP contribution in [0.15, 0.2) is 22.9 Å². The lowest BCUT2D eigenvalue weighted by molar-refractivity contribution is 0.0934. The number of nitrogens with zero attached hydrogens (tertiary/aromatic N) is 2. The van der Waals surface area contributed by atoms with Gasteiger partial charge >= 0.3 is 0 Å². The standard InChI is InChI=1S/C14H18N4OS2/c1-8(2)18-11(6-9(3)17-18)14(19)16-12(13(15)20)10-4-5-21-7-10/h4-8,12H,1-3H3,(H2,15,20)(H,16,19). The molecular formula is C14H18N4OS2. The van der Waals surface area contributed by atoms with E-state index in [9.17, 15) is 4.79 Å². The zero-order chi connectivity index (χ0) is 15.6. The van der Waals surface area contributed by atoms with Gasteiger partial charge in [-0.2, -0.15) is 16.4 Å². The lowest BCUT2D eigenvalue weighted by atomic mass is 10.1. The summed E-state index contributed by atoms with van der Waals surface area (Å²) in [4.78, 5) is 12.8. The Kier molecular flexibility index (Phi) is 4.74. The first-order chi connectivity index (χ1) is 9.90. The van der Waals surface area contributed by atoms with Gasteiger partial charge < -0.3 is 11.1 Å². The number of amides is 1. The van der Waals surface area contributed by atoms with Gasteiger partial charge in [-0.25, -0.2) is 0 Å². The summed E-state index contributed by atoms with van der Waals surface area (Å²) in [6, 6.07) is 3.30. The number of carbonyl (C=O) groups is 1. The Morgan fingerprint density at radius 3 is 2.76 bits per heavy atom. The van der Waals surface area contributed by atoms with Crippen molar-refractivity contribution < 1.29 is 4.79 Å². The highest BCUT2D eigenvalue weighted by atomic mass is 32.1. The fraction of sp³-hybridized carbons (Fsp3) is 0.357. The van der Waals surface area contributed by atoms with E-state index in [1.165, 1.54) is 11.3 Å². The summed E-state index contributed by atoms with van der Waals surface area (Å²) in [5, 5.41) is 11.1. The average Bonchev–Trinajstić information content (AvgIpc) is 3.04. The maximum absolute atomic E-state index is 12.5. The second-order valence-corrected chi connectivity index (χ2v) is 6.33. The first-order valence-electron chi connectivity index (χ1n) is 6.58. The molecule has 112 valence electrons. The molecule has 2 aromatic heterocycles. The third kappa shape index (κ3) is 3.48. The first-order valence-corrected chi connectivity index (χ1v) is 7.93. The van der Waals surface area contributed by atoms with Crippen molar-refractivity contribution >= 4 is 34.5 Å². The van der Waals surface area contributed by atoms with E-state index < -0.39 is 6.04 Å². The highest BCUT2D eigenvalue weighted by Crippen LogP contribution is 2.18. The topological polar surface area (TPSA) is 72.9 Å². The van der Waals surface area contributed by atoms with Crippen molar-refractivity contribution in [2.24, 2.45) is 5.73 Å². The van der Waals surface area contributed by atoms with Crippen molar-refractivity contribution in [2.75, 3.05) is 0 Å². The average molecular weight is 322 g/mol. The van der Waals surface area contributed by atoms with Crippen LogP contribution in [0.5, 0.6) is 0 Å². The molecule has 21 heavy (non-hydrogen) atoms. The number of hydrogen-bond acceptors (Lipinski definition) is 4. The molecular weight excluding hydrogens is 304 g/mol. The number of aromatic nitrogens is 2. The van der Waals surface area contributed by atoms with Crippen LogP contribution >= 0.6 is 23.6 Å². The molecule has 0 saturated carbocycles. The number of rotatable bonds is 5. The van der Waals surface area contributed by atoms with Crippen molar-refractivity contribution in [2.45, 2.75) is 32.9 Å². The van der Waals surface area contributed by atoms with Gasteiger partial charge in [0.2, 0.25) is 0 Å². The van der Waals surface area contributed by atoms with Crippen molar-refractivity contribution in [1.82, 2.24) is 15.1 Å². The van der Waals surface area contributed by atoms with Crippen LogP contribution in [0, 0.1) is 6.92 Å².